The first-order valence-electron chi connectivity index (χ1n) is 6.70. The molecule has 1 N–H and O–H groups in total. The van der Waals surface area contributed by atoms with E-state index in [1.807, 2.05) is 0 Å². The zero-order valence-corrected chi connectivity index (χ0v) is 11.9. The van der Waals surface area contributed by atoms with Crippen molar-refractivity contribution in [1.82, 2.24) is 15.1 Å². The Balaban J connectivity index is 2.12. The van der Waals surface area contributed by atoms with E-state index in [9.17, 15) is 19.2 Å². The minimum atomic E-state index is -0.662. The molecule has 0 aromatic heterocycles. The number of nitrogens with one attached hydrogen (secondary N) is 1. The van der Waals surface area contributed by atoms with E-state index < -0.39 is 12.1 Å². The lowest BCUT2D eigenvalue weighted by molar-refractivity contribution is -0.139. The SMILES string of the molecule is CC(=O)N[C@@H](C)C(=O)N1CC[C@@H]2[C@H]1C(=O)CN2C(C)=O. The predicted molar refractivity (Wildman–Crippen MR) is 69.6 cm³/mol. The third-order valence-electron chi connectivity index (χ3n) is 3.90. The smallest absolute Gasteiger partial charge is 0.245 e. The molecule has 7 heteroatoms. The van der Waals surface area contributed by atoms with Gasteiger partial charge in [0.05, 0.1) is 12.6 Å². The Morgan fingerprint density at radius 2 is 1.90 bits per heavy atom. The Bertz CT molecular complexity index is 476. The summed E-state index contributed by atoms with van der Waals surface area (Å²) in [6.45, 7) is 4.88. The van der Waals surface area contributed by atoms with Crippen LogP contribution in [-0.4, -0.2) is 64.5 Å². The fourth-order valence-electron chi connectivity index (χ4n) is 3.08. The quantitative estimate of drug-likeness (QED) is 0.697. The average molecular weight is 281 g/mol. The van der Waals surface area contributed by atoms with Gasteiger partial charge >= 0.3 is 0 Å². The summed E-state index contributed by atoms with van der Waals surface area (Å²) in [5.74, 6) is -0.808. The van der Waals surface area contributed by atoms with Gasteiger partial charge < -0.3 is 15.1 Å². The van der Waals surface area contributed by atoms with Gasteiger partial charge in [-0.15, -0.1) is 0 Å². The lowest BCUT2D eigenvalue weighted by atomic mass is 10.1. The Labute approximate surface area is 117 Å². The highest BCUT2D eigenvalue weighted by molar-refractivity contribution is 5.98. The molecule has 2 aliphatic heterocycles. The predicted octanol–water partition coefficient (Wildman–Crippen LogP) is -1.09. The summed E-state index contributed by atoms with van der Waals surface area (Å²) in [6, 6.07) is -1.43. The summed E-state index contributed by atoms with van der Waals surface area (Å²) in [7, 11) is 0. The highest BCUT2D eigenvalue weighted by Crippen LogP contribution is 2.30. The molecule has 2 aliphatic rings. The van der Waals surface area contributed by atoms with Crippen LogP contribution in [0.4, 0.5) is 0 Å². The van der Waals surface area contributed by atoms with E-state index in [4.69, 9.17) is 0 Å². The summed E-state index contributed by atoms with van der Waals surface area (Å²) in [5, 5.41) is 2.53. The highest BCUT2D eigenvalue weighted by atomic mass is 16.2. The van der Waals surface area contributed by atoms with E-state index in [1.165, 1.54) is 23.6 Å². The van der Waals surface area contributed by atoms with Gasteiger partial charge in [-0.3, -0.25) is 19.2 Å². The van der Waals surface area contributed by atoms with Crippen molar-refractivity contribution in [1.29, 1.82) is 0 Å². The van der Waals surface area contributed by atoms with E-state index >= 15 is 0 Å². The number of hydrogen-bond acceptors (Lipinski definition) is 4. The lowest BCUT2D eigenvalue weighted by Crippen LogP contribution is -2.51. The van der Waals surface area contributed by atoms with Crippen LogP contribution in [-0.2, 0) is 19.2 Å². The van der Waals surface area contributed by atoms with Gasteiger partial charge in [-0.2, -0.15) is 0 Å². The third-order valence-corrected chi connectivity index (χ3v) is 3.90. The molecule has 2 fully saturated rings. The van der Waals surface area contributed by atoms with Crippen LogP contribution in [0.5, 0.6) is 0 Å². The summed E-state index contributed by atoms with van der Waals surface area (Å²) >= 11 is 0. The Hall–Kier alpha value is -1.92. The van der Waals surface area contributed by atoms with Crippen LogP contribution in [0.3, 0.4) is 0 Å². The molecule has 110 valence electrons. The number of fused-ring (bicyclic) bond motifs is 1. The zero-order valence-electron chi connectivity index (χ0n) is 11.9. The molecule has 0 unspecified atom stereocenters. The first-order chi connectivity index (χ1) is 9.32. The number of nitrogens with zero attached hydrogens (tertiary/aromatic N) is 2. The summed E-state index contributed by atoms with van der Waals surface area (Å²) in [6.07, 6.45) is 0.606. The van der Waals surface area contributed by atoms with E-state index in [0.717, 1.165) is 0 Å². The van der Waals surface area contributed by atoms with Crippen molar-refractivity contribution in [3.63, 3.8) is 0 Å². The summed E-state index contributed by atoms with van der Waals surface area (Å²) in [4.78, 5) is 49.9. The number of Topliss-reactive ketones (excluding diaryl/α,β-unsaturated/α-hetero) is 1. The van der Waals surface area contributed by atoms with Gasteiger partial charge in [0.2, 0.25) is 17.7 Å². The molecule has 2 heterocycles. The molecular weight excluding hydrogens is 262 g/mol. The van der Waals surface area contributed by atoms with Crippen LogP contribution in [0.1, 0.15) is 27.2 Å². The van der Waals surface area contributed by atoms with Crippen LogP contribution < -0.4 is 5.32 Å². The normalized spacial score (nSPS) is 26.4. The van der Waals surface area contributed by atoms with Crippen LogP contribution in [0.15, 0.2) is 0 Å². The largest absolute Gasteiger partial charge is 0.345 e. The average Bonchev–Trinajstić information content (AvgIpc) is 2.89. The van der Waals surface area contributed by atoms with Crippen molar-refractivity contribution >= 4 is 23.5 Å². The first-order valence-corrected chi connectivity index (χ1v) is 6.70. The highest BCUT2D eigenvalue weighted by Gasteiger charge is 2.51. The molecule has 20 heavy (non-hydrogen) atoms. The van der Waals surface area contributed by atoms with Gasteiger partial charge in [-0.05, 0) is 13.3 Å². The molecule has 7 nitrogen and oxygen atoms in total. The van der Waals surface area contributed by atoms with Crippen LogP contribution >= 0.6 is 0 Å². The zero-order chi connectivity index (χ0) is 15.0. The minimum Gasteiger partial charge on any atom is -0.345 e. The van der Waals surface area contributed by atoms with Gasteiger partial charge in [0.1, 0.15) is 12.1 Å². The van der Waals surface area contributed by atoms with Crippen LogP contribution in [0, 0.1) is 0 Å². The maximum absolute atomic E-state index is 12.3. The topological polar surface area (TPSA) is 86.8 Å². The van der Waals surface area contributed by atoms with Crippen molar-refractivity contribution in [3.8, 4) is 0 Å². The number of ketones is 1. The molecule has 0 aromatic rings. The first kappa shape index (κ1) is 14.5. The van der Waals surface area contributed by atoms with E-state index in [1.54, 1.807) is 6.92 Å². The molecular formula is C13H19N3O4. The number of hydrogen-bond donors (Lipinski definition) is 1. The standard InChI is InChI=1S/C13H19N3O4/c1-7(14-8(2)17)13(20)15-5-4-10-12(15)11(19)6-16(10)9(3)18/h7,10,12H,4-6H2,1-3H3,(H,14,17)/t7-,10+,12-/m0/s1. The second kappa shape index (κ2) is 5.22. The molecule has 0 aliphatic carbocycles. The molecule has 3 atom stereocenters. The Morgan fingerprint density at radius 1 is 1.25 bits per heavy atom. The van der Waals surface area contributed by atoms with Gasteiger partial charge in [0.25, 0.3) is 0 Å². The maximum atomic E-state index is 12.3. The third kappa shape index (κ3) is 2.39. The van der Waals surface area contributed by atoms with E-state index in [-0.39, 0.29) is 36.1 Å². The molecule has 0 radical (unpaired) electrons. The van der Waals surface area contributed by atoms with Crippen LogP contribution in [0.2, 0.25) is 0 Å². The van der Waals surface area contributed by atoms with Gasteiger partial charge in [0.15, 0.2) is 5.78 Å². The number of amides is 3. The van der Waals surface area contributed by atoms with Gasteiger partial charge in [0, 0.05) is 20.4 Å². The number of rotatable bonds is 2. The molecule has 0 bridgehead atoms. The fourth-order valence-corrected chi connectivity index (χ4v) is 3.08. The number of carbonyl (C=O) groups is 4. The second-order valence-electron chi connectivity index (χ2n) is 5.37. The Kier molecular flexibility index (Phi) is 3.78. The molecule has 0 saturated carbocycles. The lowest BCUT2D eigenvalue weighted by Gasteiger charge is -2.26. The molecule has 2 rings (SSSR count). The van der Waals surface area contributed by atoms with Crippen molar-refractivity contribution in [3.05, 3.63) is 0 Å². The van der Waals surface area contributed by atoms with E-state index in [2.05, 4.69) is 5.32 Å². The molecule has 3 amide bonds. The van der Waals surface area contributed by atoms with Crippen molar-refractivity contribution < 1.29 is 19.2 Å². The second-order valence-corrected chi connectivity index (χ2v) is 5.37. The van der Waals surface area contributed by atoms with Crippen molar-refractivity contribution in [2.45, 2.75) is 45.3 Å². The maximum Gasteiger partial charge on any atom is 0.245 e. The van der Waals surface area contributed by atoms with E-state index in [0.29, 0.717) is 13.0 Å². The van der Waals surface area contributed by atoms with Gasteiger partial charge in [-0.1, -0.05) is 0 Å². The minimum absolute atomic E-state index is 0.0724. The number of likely N-dealkylation sites (tertiary alicyclic amines) is 2. The fraction of sp³-hybridized carbons (Fsp3) is 0.692. The molecule has 0 aromatic carbocycles. The Morgan fingerprint density at radius 3 is 2.45 bits per heavy atom. The van der Waals surface area contributed by atoms with Crippen LogP contribution in [0.25, 0.3) is 0 Å². The number of carbonyl (C=O) groups excluding carboxylic acids is 4. The molecule has 0 spiro atoms. The van der Waals surface area contributed by atoms with Gasteiger partial charge in [-0.25, -0.2) is 0 Å². The summed E-state index contributed by atoms with van der Waals surface area (Å²) < 4.78 is 0. The van der Waals surface area contributed by atoms with Crippen molar-refractivity contribution in [2.24, 2.45) is 0 Å². The summed E-state index contributed by atoms with van der Waals surface area (Å²) in [5.41, 5.74) is 0. The monoisotopic (exact) mass is 281 g/mol. The van der Waals surface area contributed by atoms with Crippen molar-refractivity contribution in [2.75, 3.05) is 13.1 Å². The molecule has 2 saturated heterocycles.